The minimum absolute atomic E-state index is 0.220. The fourth-order valence-electron chi connectivity index (χ4n) is 0.336. The molecule has 2 N–H and O–H groups in total. The van der Waals surface area contributed by atoms with Gasteiger partial charge in [0.2, 0.25) is 0 Å². The van der Waals surface area contributed by atoms with Gasteiger partial charge in [-0.05, 0) is 13.8 Å². The van der Waals surface area contributed by atoms with E-state index in [1.807, 2.05) is 6.07 Å². The van der Waals surface area contributed by atoms with Crippen molar-refractivity contribution in [1.82, 2.24) is 0 Å². The third-order valence-corrected chi connectivity index (χ3v) is 1.44. The van der Waals surface area contributed by atoms with Crippen LogP contribution in [-0.4, -0.2) is 18.8 Å². The summed E-state index contributed by atoms with van der Waals surface area (Å²) in [4.78, 5) is 0. The van der Waals surface area contributed by atoms with Crippen molar-refractivity contribution in [3.05, 3.63) is 0 Å². The summed E-state index contributed by atoms with van der Waals surface area (Å²) in [5.74, 6) is 0. The lowest BCUT2D eigenvalue weighted by Gasteiger charge is -2.21. The predicted molar refractivity (Wildman–Crippen MR) is 34.7 cm³/mol. The quantitative estimate of drug-likeness (QED) is 0.580. The van der Waals surface area contributed by atoms with Crippen LogP contribution in [0.25, 0.3) is 0 Å². The number of rotatable bonds is 2. The fraction of sp³-hybridized carbons (Fsp3) is 0.833. The zero-order chi connectivity index (χ0) is 7.49. The van der Waals surface area contributed by atoms with Crippen molar-refractivity contribution in [3.63, 3.8) is 0 Å². The van der Waals surface area contributed by atoms with E-state index in [2.05, 4.69) is 0 Å². The predicted octanol–water partition coefficient (Wildman–Crippen LogP) is 0.262. The van der Waals surface area contributed by atoms with Crippen molar-refractivity contribution in [2.45, 2.75) is 25.5 Å². The van der Waals surface area contributed by atoms with Crippen molar-refractivity contribution < 1.29 is 4.74 Å². The van der Waals surface area contributed by atoms with Crippen LogP contribution in [0.3, 0.4) is 0 Å². The molecule has 0 bridgehead atoms. The molecule has 0 rings (SSSR count). The lowest BCUT2D eigenvalue weighted by atomic mass is 10.00. The molecule has 0 aromatic carbocycles. The van der Waals surface area contributed by atoms with E-state index in [1.165, 1.54) is 7.11 Å². The summed E-state index contributed by atoms with van der Waals surface area (Å²) < 4.78 is 4.86. The molecule has 0 spiro atoms. The molecule has 0 radical (unpaired) electrons. The second kappa shape index (κ2) is 2.81. The number of ether oxygens (including phenoxy) is 1. The van der Waals surface area contributed by atoms with Gasteiger partial charge in [-0.1, -0.05) is 0 Å². The smallest absolute Gasteiger partial charge is 0.127 e. The molecular formula is C6H12N2O. The highest BCUT2D eigenvalue weighted by Gasteiger charge is 2.25. The van der Waals surface area contributed by atoms with Gasteiger partial charge in [-0.15, -0.1) is 0 Å². The maximum absolute atomic E-state index is 8.44. The van der Waals surface area contributed by atoms with Crippen molar-refractivity contribution in [2.75, 3.05) is 7.11 Å². The van der Waals surface area contributed by atoms with Gasteiger partial charge < -0.3 is 10.5 Å². The molecule has 3 heteroatoms. The largest absolute Gasteiger partial charge is 0.379 e. The van der Waals surface area contributed by atoms with Gasteiger partial charge in [-0.2, -0.15) is 5.26 Å². The van der Waals surface area contributed by atoms with Gasteiger partial charge in [0.05, 0.1) is 12.2 Å². The maximum atomic E-state index is 8.44. The van der Waals surface area contributed by atoms with E-state index in [9.17, 15) is 0 Å². The molecule has 2 unspecified atom stereocenters. The van der Waals surface area contributed by atoms with Crippen LogP contribution in [0.15, 0.2) is 0 Å². The summed E-state index contributed by atoms with van der Waals surface area (Å²) in [5.41, 5.74) is 4.62. The molecule has 2 atom stereocenters. The van der Waals surface area contributed by atoms with E-state index in [4.69, 9.17) is 15.7 Å². The van der Waals surface area contributed by atoms with Gasteiger partial charge in [0.25, 0.3) is 0 Å². The third kappa shape index (κ3) is 2.00. The summed E-state index contributed by atoms with van der Waals surface area (Å²) in [5, 5.41) is 8.44. The van der Waals surface area contributed by atoms with E-state index >= 15 is 0 Å². The molecule has 0 aliphatic carbocycles. The molecular weight excluding hydrogens is 116 g/mol. The average Bonchev–Trinajstić information content (AvgIpc) is 1.86. The Bertz CT molecular complexity index is 126. The number of hydrogen-bond acceptors (Lipinski definition) is 3. The van der Waals surface area contributed by atoms with Crippen molar-refractivity contribution in [1.29, 1.82) is 5.26 Å². The lowest BCUT2D eigenvalue weighted by Crippen LogP contribution is -2.45. The molecule has 0 aliphatic heterocycles. The second-order valence-electron chi connectivity index (χ2n) is 2.27. The SMILES string of the molecule is COC(C)C(C)(N)C#N. The summed E-state index contributed by atoms with van der Waals surface area (Å²) in [6, 6.07) is 1.94. The zero-order valence-corrected chi connectivity index (χ0v) is 6.01. The lowest BCUT2D eigenvalue weighted by molar-refractivity contribution is 0.0782. The Morgan fingerprint density at radius 1 is 1.78 bits per heavy atom. The van der Waals surface area contributed by atoms with E-state index in [1.54, 1.807) is 13.8 Å². The standard InChI is InChI=1S/C6H12N2O/c1-5(9-3)6(2,8)4-7/h5H,8H2,1-3H3. The van der Waals surface area contributed by atoms with Crippen molar-refractivity contribution in [2.24, 2.45) is 5.73 Å². The van der Waals surface area contributed by atoms with Crippen LogP contribution in [0.4, 0.5) is 0 Å². The van der Waals surface area contributed by atoms with E-state index in [-0.39, 0.29) is 6.10 Å². The molecule has 0 aromatic rings. The summed E-state index contributed by atoms with van der Waals surface area (Å²) in [7, 11) is 1.53. The van der Waals surface area contributed by atoms with Crippen molar-refractivity contribution >= 4 is 0 Å². The molecule has 0 fully saturated rings. The fourth-order valence-corrected chi connectivity index (χ4v) is 0.336. The molecule has 0 amide bonds. The normalized spacial score (nSPS) is 19.9. The minimum Gasteiger partial charge on any atom is -0.379 e. The number of nitriles is 1. The van der Waals surface area contributed by atoms with Gasteiger partial charge in [0.15, 0.2) is 0 Å². The molecule has 52 valence electrons. The van der Waals surface area contributed by atoms with Gasteiger partial charge in [-0.25, -0.2) is 0 Å². The number of hydrogen-bond donors (Lipinski definition) is 1. The van der Waals surface area contributed by atoms with Gasteiger partial charge in [0.1, 0.15) is 5.54 Å². The Morgan fingerprint density at radius 3 is 2.33 bits per heavy atom. The molecule has 0 saturated carbocycles. The van der Waals surface area contributed by atoms with Crippen LogP contribution in [0.5, 0.6) is 0 Å². The Kier molecular flexibility index (Phi) is 2.63. The Labute approximate surface area is 55.4 Å². The van der Waals surface area contributed by atoms with Crippen LogP contribution in [0.1, 0.15) is 13.8 Å². The topological polar surface area (TPSA) is 59.0 Å². The molecule has 0 saturated heterocycles. The Morgan fingerprint density at radius 2 is 2.22 bits per heavy atom. The first kappa shape index (κ1) is 8.41. The van der Waals surface area contributed by atoms with E-state index in [0.29, 0.717) is 0 Å². The maximum Gasteiger partial charge on any atom is 0.127 e. The van der Waals surface area contributed by atoms with Crippen LogP contribution in [0, 0.1) is 11.3 Å². The van der Waals surface area contributed by atoms with Crippen LogP contribution >= 0.6 is 0 Å². The second-order valence-corrected chi connectivity index (χ2v) is 2.27. The first-order chi connectivity index (χ1) is 4.04. The molecule has 3 nitrogen and oxygen atoms in total. The average molecular weight is 128 g/mol. The molecule has 9 heavy (non-hydrogen) atoms. The Hall–Kier alpha value is -0.590. The third-order valence-electron chi connectivity index (χ3n) is 1.44. The van der Waals surface area contributed by atoms with Gasteiger partial charge >= 0.3 is 0 Å². The van der Waals surface area contributed by atoms with E-state index in [0.717, 1.165) is 0 Å². The number of methoxy groups -OCH3 is 1. The summed E-state index contributed by atoms with van der Waals surface area (Å²) in [6.45, 7) is 3.41. The number of nitrogens with zero attached hydrogens (tertiary/aromatic N) is 1. The van der Waals surface area contributed by atoms with Crippen LogP contribution in [-0.2, 0) is 4.74 Å². The molecule has 0 aliphatic rings. The van der Waals surface area contributed by atoms with Crippen LogP contribution in [0.2, 0.25) is 0 Å². The monoisotopic (exact) mass is 128 g/mol. The summed E-state index contributed by atoms with van der Waals surface area (Å²) in [6.07, 6.45) is -0.220. The Balaban J connectivity index is 4.01. The summed E-state index contributed by atoms with van der Waals surface area (Å²) >= 11 is 0. The van der Waals surface area contributed by atoms with E-state index < -0.39 is 5.54 Å². The molecule has 0 aromatic heterocycles. The molecule has 0 heterocycles. The highest BCUT2D eigenvalue weighted by Crippen LogP contribution is 2.06. The highest BCUT2D eigenvalue weighted by molar-refractivity contribution is 5.05. The van der Waals surface area contributed by atoms with Gasteiger partial charge in [0, 0.05) is 7.11 Å². The number of nitrogens with two attached hydrogens (primary N) is 1. The highest BCUT2D eigenvalue weighted by atomic mass is 16.5. The van der Waals surface area contributed by atoms with Crippen molar-refractivity contribution in [3.8, 4) is 6.07 Å². The zero-order valence-electron chi connectivity index (χ0n) is 6.01. The minimum atomic E-state index is -0.866. The van der Waals surface area contributed by atoms with Crippen LogP contribution < -0.4 is 5.73 Å². The first-order valence-electron chi connectivity index (χ1n) is 2.77. The van der Waals surface area contributed by atoms with Gasteiger partial charge in [-0.3, -0.25) is 0 Å². The first-order valence-corrected chi connectivity index (χ1v) is 2.77.